The second kappa shape index (κ2) is 3.06. The molecule has 76 valence electrons. The summed E-state index contributed by atoms with van der Waals surface area (Å²) < 4.78 is 61.0. The lowest BCUT2D eigenvalue weighted by molar-refractivity contribution is -0.240. The maximum absolute atomic E-state index is 12.5. The summed E-state index contributed by atoms with van der Waals surface area (Å²) in [4.78, 5) is 11.7. The molecule has 0 heterocycles. The Morgan fingerprint density at radius 1 is 1.08 bits per heavy atom. The van der Waals surface area contributed by atoms with Gasteiger partial charge in [-0.1, -0.05) is 0 Å². The molecule has 13 heavy (non-hydrogen) atoms. The minimum Gasteiger partial charge on any atom is -0.211 e. The van der Waals surface area contributed by atoms with Gasteiger partial charge >= 0.3 is 6.18 Å². The van der Waals surface area contributed by atoms with Gasteiger partial charge in [-0.25, -0.2) is 13.6 Å². The summed E-state index contributed by atoms with van der Waals surface area (Å²) in [6.07, 6.45) is -4.79. The number of carbonyl (C=O) groups excluding carboxylic acids is 1. The van der Waals surface area contributed by atoms with Gasteiger partial charge in [0.05, 0.1) is 0 Å². The van der Waals surface area contributed by atoms with E-state index >= 15 is 0 Å². The molecule has 2 nitrogen and oxygen atoms in total. The van der Waals surface area contributed by atoms with E-state index < -0.39 is 17.6 Å². The van der Waals surface area contributed by atoms with Crippen LogP contribution in [0.3, 0.4) is 0 Å². The Kier molecular flexibility index (Phi) is 2.84. The highest BCUT2D eigenvalue weighted by molar-refractivity contribution is 5.36. The van der Waals surface area contributed by atoms with Crippen molar-refractivity contribution in [2.45, 2.75) is 31.5 Å². The van der Waals surface area contributed by atoms with Crippen LogP contribution in [0.4, 0.5) is 22.0 Å². The fourth-order valence-electron chi connectivity index (χ4n) is 0.502. The minimum atomic E-state index is -5.29. The zero-order valence-corrected chi connectivity index (χ0v) is 6.75. The first-order valence-corrected chi connectivity index (χ1v) is 3.10. The fraction of sp³-hybridized carbons (Fsp3) is 0.833. The summed E-state index contributed by atoms with van der Waals surface area (Å²) in [6, 6.07) is 0. The molecular weight excluding hydrogens is 197 g/mol. The lowest BCUT2D eigenvalue weighted by atomic mass is 9.95. The highest BCUT2D eigenvalue weighted by Crippen LogP contribution is 2.44. The molecule has 0 saturated carbocycles. The normalized spacial score (nSPS) is 17.5. The van der Waals surface area contributed by atoms with E-state index in [0.717, 1.165) is 0 Å². The van der Waals surface area contributed by atoms with Crippen molar-refractivity contribution in [2.24, 2.45) is 4.99 Å². The maximum atomic E-state index is 12.5. The molecule has 0 aromatic rings. The van der Waals surface area contributed by atoms with Gasteiger partial charge in [0, 0.05) is 6.92 Å². The van der Waals surface area contributed by atoms with Gasteiger partial charge in [0.15, 0.2) is 0 Å². The van der Waals surface area contributed by atoms with Gasteiger partial charge in [0.25, 0.3) is 5.92 Å². The summed E-state index contributed by atoms with van der Waals surface area (Å²) in [5, 5.41) is 0. The third kappa shape index (κ3) is 2.03. The van der Waals surface area contributed by atoms with Gasteiger partial charge in [-0.3, -0.25) is 0 Å². The maximum Gasteiger partial charge on any atom is 0.420 e. The summed E-state index contributed by atoms with van der Waals surface area (Å²) in [7, 11) is 0. The molecule has 0 aliphatic carbocycles. The van der Waals surface area contributed by atoms with E-state index in [2.05, 4.69) is 4.99 Å². The van der Waals surface area contributed by atoms with E-state index in [-0.39, 0.29) is 13.8 Å². The van der Waals surface area contributed by atoms with Crippen molar-refractivity contribution < 1.29 is 26.7 Å². The van der Waals surface area contributed by atoms with Gasteiger partial charge in [-0.2, -0.15) is 18.2 Å². The van der Waals surface area contributed by atoms with Crippen LogP contribution in [0.1, 0.15) is 13.8 Å². The number of halogens is 5. The number of hydrogen-bond donors (Lipinski definition) is 0. The Morgan fingerprint density at radius 3 is 1.54 bits per heavy atom. The summed E-state index contributed by atoms with van der Waals surface area (Å²) in [6.45, 7) is 0.180. The first-order chi connectivity index (χ1) is 5.56. The molecule has 0 bridgehead atoms. The van der Waals surface area contributed by atoms with Crippen molar-refractivity contribution in [2.75, 3.05) is 0 Å². The largest absolute Gasteiger partial charge is 0.420 e. The van der Waals surface area contributed by atoms with Gasteiger partial charge in [-0.15, -0.1) is 0 Å². The number of rotatable bonds is 2. The Morgan fingerprint density at radius 2 is 1.46 bits per heavy atom. The predicted molar refractivity (Wildman–Crippen MR) is 33.2 cm³/mol. The van der Waals surface area contributed by atoms with Crippen LogP contribution in [0.5, 0.6) is 0 Å². The fourth-order valence-corrected chi connectivity index (χ4v) is 0.502. The molecule has 0 N–H and O–H groups in total. The van der Waals surface area contributed by atoms with Crippen molar-refractivity contribution in [3.8, 4) is 0 Å². The van der Waals surface area contributed by atoms with Crippen LogP contribution in [0.2, 0.25) is 0 Å². The van der Waals surface area contributed by atoms with Crippen LogP contribution < -0.4 is 0 Å². The number of aliphatic imine (C=N–C) groups is 1. The van der Waals surface area contributed by atoms with Crippen LogP contribution in [-0.4, -0.2) is 23.7 Å². The van der Waals surface area contributed by atoms with Crippen LogP contribution in [0.15, 0.2) is 4.99 Å². The molecule has 0 radical (unpaired) electrons. The van der Waals surface area contributed by atoms with Crippen molar-refractivity contribution in [1.82, 2.24) is 0 Å². The minimum absolute atomic E-state index is 0.0430. The average molecular weight is 203 g/mol. The van der Waals surface area contributed by atoms with Crippen LogP contribution >= 0.6 is 0 Å². The van der Waals surface area contributed by atoms with Gasteiger partial charge in [0.2, 0.25) is 11.6 Å². The highest BCUT2D eigenvalue weighted by atomic mass is 19.4. The van der Waals surface area contributed by atoms with Crippen molar-refractivity contribution in [3.05, 3.63) is 0 Å². The number of isocyanates is 1. The topological polar surface area (TPSA) is 29.4 Å². The molecular formula is C6H6F5NO. The molecule has 7 heteroatoms. The lowest BCUT2D eigenvalue weighted by Crippen LogP contribution is -2.53. The molecule has 0 aromatic carbocycles. The second-order valence-electron chi connectivity index (χ2n) is 2.66. The molecule has 0 fully saturated rings. The third-order valence-electron chi connectivity index (χ3n) is 1.68. The van der Waals surface area contributed by atoms with Crippen LogP contribution in [0, 0.1) is 0 Å². The van der Waals surface area contributed by atoms with Crippen molar-refractivity contribution >= 4 is 6.08 Å². The second-order valence-corrected chi connectivity index (χ2v) is 2.66. The summed E-state index contributed by atoms with van der Waals surface area (Å²) >= 11 is 0. The van der Waals surface area contributed by atoms with E-state index in [1.54, 1.807) is 0 Å². The van der Waals surface area contributed by atoms with E-state index in [1.165, 1.54) is 0 Å². The Bertz CT molecular complexity index is 220. The predicted octanol–water partition coefficient (Wildman–Crippen LogP) is 2.30. The smallest absolute Gasteiger partial charge is 0.211 e. The standard InChI is InChI=1S/C6H6F5NO/c1-4(12-3-13,5(2,7)8)6(9,10)11/h1-2H3. The molecule has 1 atom stereocenters. The quantitative estimate of drug-likeness (QED) is 0.384. The Hall–Kier alpha value is -0.970. The molecule has 0 aromatic heterocycles. The Labute approximate surface area is 70.4 Å². The highest BCUT2D eigenvalue weighted by Gasteiger charge is 2.64. The molecule has 0 amide bonds. The lowest BCUT2D eigenvalue weighted by Gasteiger charge is -2.31. The number of alkyl halides is 5. The third-order valence-corrected chi connectivity index (χ3v) is 1.68. The molecule has 0 spiro atoms. The van der Waals surface area contributed by atoms with Gasteiger partial charge in [0.1, 0.15) is 0 Å². The molecule has 0 aliphatic rings. The van der Waals surface area contributed by atoms with E-state index in [0.29, 0.717) is 6.08 Å². The first kappa shape index (κ1) is 12.0. The van der Waals surface area contributed by atoms with Crippen LogP contribution in [-0.2, 0) is 4.79 Å². The Balaban J connectivity index is 5.33. The van der Waals surface area contributed by atoms with Gasteiger partial charge < -0.3 is 0 Å². The van der Waals surface area contributed by atoms with Crippen molar-refractivity contribution in [3.63, 3.8) is 0 Å². The zero-order chi connectivity index (χ0) is 10.9. The zero-order valence-electron chi connectivity index (χ0n) is 6.75. The summed E-state index contributed by atoms with van der Waals surface area (Å²) in [5.74, 6) is -4.16. The van der Waals surface area contributed by atoms with Gasteiger partial charge in [-0.05, 0) is 6.92 Å². The molecule has 1 unspecified atom stereocenters. The van der Waals surface area contributed by atoms with Crippen molar-refractivity contribution in [1.29, 1.82) is 0 Å². The summed E-state index contributed by atoms with van der Waals surface area (Å²) in [5.41, 5.74) is -3.71. The monoisotopic (exact) mass is 203 g/mol. The average Bonchev–Trinajstić information content (AvgIpc) is 1.82. The van der Waals surface area contributed by atoms with E-state index in [9.17, 15) is 26.7 Å². The van der Waals surface area contributed by atoms with Crippen LogP contribution in [0.25, 0.3) is 0 Å². The molecule has 0 saturated heterocycles. The number of hydrogen-bond acceptors (Lipinski definition) is 2. The number of nitrogens with zero attached hydrogens (tertiary/aromatic N) is 1. The SMILES string of the molecule is CC(F)(F)C(C)(N=C=O)C(F)(F)F. The van der Waals surface area contributed by atoms with E-state index in [4.69, 9.17) is 0 Å². The van der Waals surface area contributed by atoms with E-state index in [1.807, 2.05) is 0 Å². The molecule has 0 rings (SSSR count). The first-order valence-electron chi connectivity index (χ1n) is 3.10. The molecule has 0 aliphatic heterocycles.